The summed E-state index contributed by atoms with van der Waals surface area (Å²) < 4.78 is 5.12. The quantitative estimate of drug-likeness (QED) is 0.565. The van der Waals surface area contributed by atoms with E-state index in [0.29, 0.717) is 18.1 Å². The average molecular weight is 322 g/mol. The molecule has 0 heterocycles. The number of hydrogen-bond acceptors (Lipinski definition) is 3. The Morgan fingerprint density at radius 3 is 1.87 bits per heavy atom. The summed E-state index contributed by atoms with van der Waals surface area (Å²) in [6.07, 6.45) is 3.03. The van der Waals surface area contributed by atoms with Gasteiger partial charge in [0.1, 0.15) is 0 Å². The first kappa shape index (κ1) is 21.2. The fourth-order valence-electron chi connectivity index (χ4n) is 1.65. The molecule has 0 aromatic heterocycles. The summed E-state index contributed by atoms with van der Waals surface area (Å²) >= 11 is 0. The number of carboxylic acid groups (broad SMARTS) is 1. The molecule has 1 aromatic rings. The van der Waals surface area contributed by atoms with Crippen molar-refractivity contribution in [1.29, 1.82) is 0 Å². The molecule has 130 valence electrons. The Bertz CT molecular complexity index is 458. The topological polar surface area (TPSA) is 63.6 Å². The fourth-order valence-corrected chi connectivity index (χ4v) is 1.65. The summed E-state index contributed by atoms with van der Waals surface area (Å²) in [5, 5.41) is 8.74. The Morgan fingerprint density at radius 2 is 1.43 bits per heavy atom. The SMILES string of the molecule is CC(C)C.CC(C)CCCCOC(=O)c1ccc(C(=O)O)cc1. The van der Waals surface area contributed by atoms with Gasteiger partial charge in [-0.25, -0.2) is 9.59 Å². The maximum atomic E-state index is 11.7. The molecule has 1 aromatic carbocycles. The van der Waals surface area contributed by atoms with Crippen LogP contribution in [0.5, 0.6) is 0 Å². The van der Waals surface area contributed by atoms with Gasteiger partial charge in [-0.05, 0) is 48.9 Å². The summed E-state index contributed by atoms with van der Waals surface area (Å²) in [4.78, 5) is 22.3. The summed E-state index contributed by atoms with van der Waals surface area (Å²) in [5.74, 6) is 0.0920. The molecule has 0 aliphatic carbocycles. The zero-order valence-corrected chi connectivity index (χ0v) is 15.0. The average Bonchev–Trinajstić information content (AvgIpc) is 2.46. The van der Waals surface area contributed by atoms with Gasteiger partial charge in [0.15, 0.2) is 0 Å². The number of benzene rings is 1. The number of hydrogen-bond donors (Lipinski definition) is 1. The van der Waals surface area contributed by atoms with E-state index in [1.807, 2.05) is 0 Å². The third-order valence-electron chi connectivity index (χ3n) is 2.78. The van der Waals surface area contributed by atoms with Crippen LogP contribution in [0.3, 0.4) is 0 Å². The van der Waals surface area contributed by atoms with Gasteiger partial charge in [0.2, 0.25) is 0 Å². The van der Waals surface area contributed by atoms with E-state index in [0.717, 1.165) is 25.2 Å². The minimum absolute atomic E-state index is 0.161. The van der Waals surface area contributed by atoms with Gasteiger partial charge in [-0.3, -0.25) is 0 Å². The molecule has 0 aliphatic rings. The highest BCUT2D eigenvalue weighted by Gasteiger charge is 2.08. The summed E-state index contributed by atoms with van der Waals surface area (Å²) in [7, 11) is 0. The highest BCUT2D eigenvalue weighted by Crippen LogP contribution is 2.09. The van der Waals surface area contributed by atoms with Crippen LogP contribution < -0.4 is 0 Å². The van der Waals surface area contributed by atoms with Crippen LogP contribution in [0, 0.1) is 11.8 Å². The molecule has 0 amide bonds. The second-order valence-corrected chi connectivity index (χ2v) is 6.64. The Hall–Kier alpha value is -1.84. The normalized spacial score (nSPS) is 10.2. The molecule has 0 radical (unpaired) electrons. The third-order valence-corrected chi connectivity index (χ3v) is 2.78. The van der Waals surface area contributed by atoms with Gasteiger partial charge in [-0.15, -0.1) is 0 Å². The van der Waals surface area contributed by atoms with Crippen LogP contribution in [0.4, 0.5) is 0 Å². The van der Waals surface area contributed by atoms with E-state index < -0.39 is 11.9 Å². The predicted molar refractivity (Wildman–Crippen MR) is 92.9 cm³/mol. The number of ether oxygens (including phenoxy) is 1. The highest BCUT2D eigenvalue weighted by atomic mass is 16.5. The molecule has 0 fully saturated rings. The zero-order chi connectivity index (χ0) is 17.8. The van der Waals surface area contributed by atoms with Crippen molar-refractivity contribution >= 4 is 11.9 Å². The van der Waals surface area contributed by atoms with E-state index in [1.165, 1.54) is 24.3 Å². The molecule has 0 saturated heterocycles. The maximum absolute atomic E-state index is 11.7. The summed E-state index contributed by atoms with van der Waals surface area (Å²) in [6, 6.07) is 5.75. The van der Waals surface area contributed by atoms with E-state index in [-0.39, 0.29) is 5.56 Å². The molecular weight excluding hydrogens is 292 g/mol. The lowest BCUT2D eigenvalue weighted by Gasteiger charge is -2.06. The number of carbonyl (C=O) groups is 2. The van der Waals surface area contributed by atoms with Gasteiger partial charge >= 0.3 is 11.9 Å². The van der Waals surface area contributed by atoms with Gasteiger partial charge in [0, 0.05) is 0 Å². The second-order valence-electron chi connectivity index (χ2n) is 6.64. The van der Waals surface area contributed by atoms with Crippen LogP contribution in [0.2, 0.25) is 0 Å². The molecule has 0 unspecified atom stereocenters. The fraction of sp³-hybridized carbons (Fsp3) is 0.579. The Morgan fingerprint density at radius 1 is 0.957 bits per heavy atom. The monoisotopic (exact) mass is 322 g/mol. The Balaban J connectivity index is 0.00000108. The molecule has 4 heteroatoms. The lowest BCUT2D eigenvalue weighted by atomic mass is 10.1. The van der Waals surface area contributed by atoms with Crippen LogP contribution in [-0.2, 0) is 4.74 Å². The molecular formula is C19H30O4. The zero-order valence-electron chi connectivity index (χ0n) is 15.0. The van der Waals surface area contributed by atoms with E-state index >= 15 is 0 Å². The minimum atomic E-state index is -1.01. The van der Waals surface area contributed by atoms with Crippen LogP contribution in [-0.4, -0.2) is 23.7 Å². The predicted octanol–water partition coefficient (Wildman–Crippen LogP) is 5.03. The maximum Gasteiger partial charge on any atom is 0.338 e. The van der Waals surface area contributed by atoms with Gasteiger partial charge in [-0.1, -0.05) is 41.0 Å². The first-order valence-corrected chi connectivity index (χ1v) is 8.24. The van der Waals surface area contributed by atoms with Crippen molar-refractivity contribution < 1.29 is 19.4 Å². The molecule has 1 N–H and O–H groups in total. The first-order valence-electron chi connectivity index (χ1n) is 8.24. The molecule has 23 heavy (non-hydrogen) atoms. The largest absolute Gasteiger partial charge is 0.478 e. The Kier molecular flexibility index (Phi) is 10.8. The van der Waals surface area contributed by atoms with Crippen molar-refractivity contribution in [3.05, 3.63) is 35.4 Å². The minimum Gasteiger partial charge on any atom is -0.478 e. The lowest BCUT2D eigenvalue weighted by molar-refractivity contribution is 0.0496. The van der Waals surface area contributed by atoms with E-state index in [2.05, 4.69) is 34.6 Å². The van der Waals surface area contributed by atoms with E-state index in [4.69, 9.17) is 9.84 Å². The second kappa shape index (κ2) is 11.7. The van der Waals surface area contributed by atoms with Gasteiger partial charge in [0.25, 0.3) is 0 Å². The van der Waals surface area contributed by atoms with Crippen molar-refractivity contribution in [2.24, 2.45) is 11.8 Å². The third kappa shape index (κ3) is 11.4. The van der Waals surface area contributed by atoms with Gasteiger partial charge in [-0.2, -0.15) is 0 Å². The standard InChI is InChI=1S/C15H20O4.C4H10/c1-11(2)5-3-4-10-19-15(18)13-8-6-12(7-9-13)14(16)17;1-4(2)3/h6-9,11H,3-5,10H2,1-2H3,(H,16,17);4H,1-3H3. The molecule has 4 nitrogen and oxygen atoms in total. The van der Waals surface area contributed by atoms with E-state index in [9.17, 15) is 9.59 Å². The van der Waals surface area contributed by atoms with Crippen molar-refractivity contribution in [1.82, 2.24) is 0 Å². The van der Waals surface area contributed by atoms with Crippen LogP contribution >= 0.6 is 0 Å². The number of carbonyl (C=O) groups excluding carboxylic acids is 1. The Labute approximate surface area is 139 Å². The number of unbranched alkanes of at least 4 members (excludes halogenated alkanes) is 1. The van der Waals surface area contributed by atoms with Gasteiger partial charge in [0.05, 0.1) is 17.7 Å². The number of esters is 1. The first-order chi connectivity index (χ1) is 10.7. The van der Waals surface area contributed by atoms with Crippen LogP contribution in [0.1, 0.15) is 74.6 Å². The van der Waals surface area contributed by atoms with E-state index in [1.54, 1.807) is 0 Å². The van der Waals surface area contributed by atoms with Crippen molar-refractivity contribution in [2.75, 3.05) is 6.61 Å². The number of rotatable bonds is 7. The molecule has 0 atom stereocenters. The van der Waals surface area contributed by atoms with Crippen molar-refractivity contribution in [3.8, 4) is 0 Å². The number of carboxylic acids is 1. The van der Waals surface area contributed by atoms with Crippen molar-refractivity contribution in [3.63, 3.8) is 0 Å². The highest BCUT2D eigenvalue weighted by molar-refractivity contribution is 5.92. The molecule has 1 rings (SSSR count). The van der Waals surface area contributed by atoms with Crippen LogP contribution in [0.25, 0.3) is 0 Å². The van der Waals surface area contributed by atoms with Gasteiger partial charge < -0.3 is 9.84 Å². The molecule has 0 bridgehead atoms. The lowest BCUT2D eigenvalue weighted by Crippen LogP contribution is -2.07. The molecule has 0 aliphatic heterocycles. The number of aromatic carboxylic acids is 1. The smallest absolute Gasteiger partial charge is 0.338 e. The van der Waals surface area contributed by atoms with Crippen molar-refractivity contribution in [2.45, 2.75) is 53.9 Å². The molecule has 0 saturated carbocycles. The summed E-state index contributed by atoms with van der Waals surface area (Å²) in [5.41, 5.74) is 0.544. The summed E-state index contributed by atoms with van der Waals surface area (Å²) in [6.45, 7) is 11.2. The van der Waals surface area contributed by atoms with Crippen LogP contribution in [0.15, 0.2) is 24.3 Å². The molecule has 0 spiro atoms.